The number of rotatable bonds is 3. The lowest BCUT2D eigenvalue weighted by Gasteiger charge is -2.09. The summed E-state index contributed by atoms with van der Waals surface area (Å²) in [5.74, 6) is 1.11. The highest BCUT2D eigenvalue weighted by Gasteiger charge is 2.14. The summed E-state index contributed by atoms with van der Waals surface area (Å²) in [4.78, 5) is 4.55. The number of hydrogen-bond donors (Lipinski definition) is 0. The lowest BCUT2D eigenvalue weighted by Crippen LogP contribution is -2.02. The van der Waals surface area contributed by atoms with Crippen LogP contribution in [0.5, 0.6) is 0 Å². The van der Waals surface area contributed by atoms with Crippen LogP contribution >= 0.6 is 34.2 Å². The number of halogens is 3. The highest BCUT2D eigenvalue weighted by molar-refractivity contribution is 14.1. The van der Waals surface area contributed by atoms with Gasteiger partial charge in [-0.25, -0.2) is 9.37 Å². The summed E-state index contributed by atoms with van der Waals surface area (Å²) in [6.07, 6.45) is 0.641. The van der Waals surface area contributed by atoms with Gasteiger partial charge in [-0.1, -0.05) is 6.07 Å². The molecule has 0 radical (unpaired) electrons. The van der Waals surface area contributed by atoms with Crippen LogP contribution in [0.2, 0.25) is 0 Å². The maximum Gasteiger partial charge on any atom is 0.128 e. The molecule has 0 saturated carbocycles. The summed E-state index contributed by atoms with van der Waals surface area (Å²) >= 11 is 8.17. The SMILES string of the molecule is Cc1cc2c(cc1F)nc(CCCl)n2-c1cccc(I)c1. The van der Waals surface area contributed by atoms with Gasteiger partial charge in [0.05, 0.1) is 11.0 Å². The third-order valence-corrected chi connectivity index (χ3v) is 4.25. The van der Waals surface area contributed by atoms with Gasteiger partial charge in [0.25, 0.3) is 0 Å². The second-order valence-electron chi connectivity index (χ2n) is 4.87. The average molecular weight is 415 g/mol. The zero-order valence-corrected chi connectivity index (χ0v) is 14.3. The van der Waals surface area contributed by atoms with Crippen LogP contribution in [0, 0.1) is 16.3 Å². The largest absolute Gasteiger partial charge is 0.296 e. The number of aromatic nitrogens is 2. The van der Waals surface area contributed by atoms with E-state index in [1.54, 1.807) is 6.92 Å². The molecule has 0 spiro atoms. The topological polar surface area (TPSA) is 17.8 Å². The lowest BCUT2D eigenvalue weighted by atomic mass is 10.2. The molecule has 0 N–H and O–H groups in total. The number of benzene rings is 2. The third-order valence-electron chi connectivity index (χ3n) is 3.39. The van der Waals surface area contributed by atoms with E-state index in [4.69, 9.17) is 11.6 Å². The number of aryl methyl sites for hydroxylation is 2. The molecule has 5 heteroatoms. The van der Waals surface area contributed by atoms with E-state index >= 15 is 0 Å². The van der Waals surface area contributed by atoms with Gasteiger partial charge in [-0.2, -0.15) is 0 Å². The molecule has 0 saturated heterocycles. The van der Waals surface area contributed by atoms with Crippen molar-refractivity contribution in [1.82, 2.24) is 9.55 Å². The first kappa shape index (κ1) is 14.8. The predicted octanol–water partition coefficient (Wildman–Crippen LogP) is 4.86. The van der Waals surface area contributed by atoms with Gasteiger partial charge in [0, 0.05) is 27.6 Å². The Balaban J connectivity index is 2.32. The maximum absolute atomic E-state index is 13.8. The Morgan fingerprint density at radius 2 is 2.10 bits per heavy atom. The van der Waals surface area contributed by atoms with Crippen molar-refractivity contribution in [3.8, 4) is 5.69 Å². The molecule has 0 aliphatic rings. The number of fused-ring (bicyclic) bond motifs is 1. The standard InChI is InChI=1S/C16H13ClFIN2/c1-10-7-15-14(9-13(10)18)20-16(5-6-17)21(15)12-4-2-3-11(19)8-12/h2-4,7-9H,5-6H2,1H3. The van der Waals surface area contributed by atoms with E-state index in [1.165, 1.54) is 6.07 Å². The molecule has 21 heavy (non-hydrogen) atoms. The van der Waals surface area contributed by atoms with Crippen LogP contribution < -0.4 is 0 Å². The normalized spacial score (nSPS) is 11.2. The Kier molecular flexibility index (Phi) is 4.17. The Bertz CT molecular complexity index is 813. The van der Waals surface area contributed by atoms with Crippen molar-refractivity contribution in [1.29, 1.82) is 0 Å². The smallest absolute Gasteiger partial charge is 0.128 e. The molecule has 0 unspecified atom stereocenters. The summed E-state index contributed by atoms with van der Waals surface area (Å²) in [7, 11) is 0. The molecule has 0 fully saturated rings. The van der Waals surface area contributed by atoms with Crippen LogP contribution in [0.25, 0.3) is 16.7 Å². The second kappa shape index (κ2) is 5.93. The third kappa shape index (κ3) is 2.79. The summed E-state index contributed by atoms with van der Waals surface area (Å²) in [6.45, 7) is 1.77. The monoisotopic (exact) mass is 414 g/mol. The molecule has 2 aromatic carbocycles. The van der Waals surface area contributed by atoms with Crippen molar-refractivity contribution < 1.29 is 4.39 Å². The average Bonchev–Trinajstić information content (AvgIpc) is 2.77. The molecular formula is C16H13ClFIN2. The van der Waals surface area contributed by atoms with Crippen molar-refractivity contribution in [2.75, 3.05) is 5.88 Å². The molecule has 3 rings (SSSR count). The van der Waals surface area contributed by atoms with Gasteiger partial charge in [0.1, 0.15) is 11.6 Å². The molecule has 1 heterocycles. The lowest BCUT2D eigenvalue weighted by molar-refractivity contribution is 0.620. The van der Waals surface area contributed by atoms with Crippen LogP contribution in [0.1, 0.15) is 11.4 Å². The highest BCUT2D eigenvalue weighted by atomic mass is 127. The van der Waals surface area contributed by atoms with E-state index in [-0.39, 0.29) is 5.82 Å². The van der Waals surface area contributed by atoms with E-state index in [0.29, 0.717) is 23.4 Å². The number of nitrogens with zero attached hydrogens (tertiary/aromatic N) is 2. The van der Waals surface area contributed by atoms with Crippen LogP contribution in [0.15, 0.2) is 36.4 Å². The summed E-state index contributed by atoms with van der Waals surface area (Å²) in [5.41, 5.74) is 3.22. The molecule has 0 aliphatic carbocycles. The van der Waals surface area contributed by atoms with Crippen molar-refractivity contribution in [2.24, 2.45) is 0 Å². The van der Waals surface area contributed by atoms with Gasteiger partial charge >= 0.3 is 0 Å². The van der Waals surface area contributed by atoms with Crippen molar-refractivity contribution >= 4 is 45.2 Å². The molecule has 0 atom stereocenters. The van der Waals surface area contributed by atoms with Crippen molar-refractivity contribution in [2.45, 2.75) is 13.3 Å². The Labute approximate surface area is 141 Å². The molecule has 108 valence electrons. The van der Waals surface area contributed by atoms with Crippen molar-refractivity contribution in [3.05, 3.63) is 57.2 Å². The highest BCUT2D eigenvalue weighted by Crippen LogP contribution is 2.25. The van der Waals surface area contributed by atoms with E-state index in [1.807, 2.05) is 24.3 Å². The van der Waals surface area contributed by atoms with Crippen LogP contribution in [-0.4, -0.2) is 15.4 Å². The van der Waals surface area contributed by atoms with Crippen molar-refractivity contribution in [3.63, 3.8) is 0 Å². The minimum absolute atomic E-state index is 0.229. The molecule has 3 aromatic rings. The van der Waals surface area contributed by atoms with Gasteiger partial charge in [-0.15, -0.1) is 11.6 Å². The zero-order chi connectivity index (χ0) is 15.0. The maximum atomic E-state index is 13.8. The first-order valence-corrected chi connectivity index (χ1v) is 8.21. The fourth-order valence-electron chi connectivity index (χ4n) is 2.41. The fraction of sp³-hybridized carbons (Fsp3) is 0.188. The van der Waals surface area contributed by atoms with Gasteiger partial charge < -0.3 is 0 Å². The van der Waals surface area contributed by atoms with Gasteiger partial charge in [0.15, 0.2) is 0 Å². The molecule has 0 bridgehead atoms. The van der Waals surface area contributed by atoms with Gasteiger partial charge in [0.2, 0.25) is 0 Å². The Morgan fingerprint density at radius 1 is 1.29 bits per heavy atom. The van der Waals surface area contributed by atoms with Gasteiger partial charge in [-0.05, 0) is 59.3 Å². The summed E-state index contributed by atoms with van der Waals surface area (Å²) in [6, 6.07) is 11.5. The minimum atomic E-state index is -0.229. The summed E-state index contributed by atoms with van der Waals surface area (Å²) < 4.78 is 17.0. The molecule has 1 aromatic heterocycles. The summed E-state index contributed by atoms with van der Waals surface area (Å²) in [5, 5.41) is 0. The fourth-order valence-corrected chi connectivity index (χ4v) is 3.10. The van der Waals surface area contributed by atoms with Crippen LogP contribution in [0.4, 0.5) is 4.39 Å². The first-order valence-electron chi connectivity index (χ1n) is 6.59. The molecule has 0 aliphatic heterocycles. The number of alkyl halides is 1. The number of imidazole rings is 1. The molecule has 2 nitrogen and oxygen atoms in total. The quantitative estimate of drug-likeness (QED) is 0.442. The van der Waals surface area contributed by atoms with Gasteiger partial charge in [-0.3, -0.25) is 4.57 Å². The molecular weight excluding hydrogens is 402 g/mol. The zero-order valence-electron chi connectivity index (χ0n) is 11.4. The predicted molar refractivity (Wildman–Crippen MR) is 92.9 cm³/mol. The second-order valence-corrected chi connectivity index (χ2v) is 6.50. The van der Waals surface area contributed by atoms with E-state index in [2.05, 4.69) is 38.2 Å². The first-order chi connectivity index (χ1) is 10.1. The van der Waals surface area contributed by atoms with Crippen LogP contribution in [0.3, 0.4) is 0 Å². The van der Waals surface area contributed by atoms with Crippen LogP contribution in [-0.2, 0) is 6.42 Å². The minimum Gasteiger partial charge on any atom is -0.296 e. The van der Waals surface area contributed by atoms with E-state index in [9.17, 15) is 4.39 Å². The Morgan fingerprint density at radius 3 is 2.81 bits per heavy atom. The molecule has 0 amide bonds. The van der Waals surface area contributed by atoms with E-state index < -0.39 is 0 Å². The number of hydrogen-bond acceptors (Lipinski definition) is 1. The van der Waals surface area contributed by atoms with E-state index in [0.717, 1.165) is 20.6 Å². The Hall–Kier alpha value is -1.14.